The molecule has 144 valence electrons. The Morgan fingerprint density at radius 3 is 2.93 bits per heavy atom. The molecule has 4 heterocycles. The first-order valence-electron chi connectivity index (χ1n) is 9.08. The molecule has 0 unspecified atom stereocenters. The van der Waals surface area contributed by atoms with E-state index in [1.807, 2.05) is 13.8 Å². The molecule has 0 aromatic carbocycles. The zero-order chi connectivity index (χ0) is 19.8. The molecule has 3 aromatic rings. The summed E-state index contributed by atoms with van der Waals surface area (Å²) in [5.41, 5.74) is 1.69. The van der Waals surface area contributed by atoms with Crippen LogP contribution in [0.5, 0.6) is 0 Å². The molecule has 4 rings (SSSR count). The van der Waals surface area contributed by atoms with Crippen LogP contribution in [0, 0.1) is 6.92 Å². The summed E-state index contributed by atoms with van der Waals surface area (Å²) in [5, 5.41) is 6.20. The molecule has 1 aliphatic rings. The van der Waals surface area contributed by atoms with Gasteiger partial charge in [0.15, 0.2) is 5.13 Å². The molecule has 9 heteroatoms. The molecule has 2 amide bonds. The highest BCUT2D eigenvalue weighted by atomic mass is 32.1. The Labute approximate surface area is 164 Å². The third-order valence-corrected chi connectivity index (χ3v) is 5.66. The van der Waals surface area contributed by atoms with Crippen LogP contribution in [0.4, 0.5) is 5.13 Å². The van der Waals surface area contributed by atoms with Gasteiger partial charge < -0.3 is 9.88 Å². The van der Waals surface area contributed by atoms with E-state index in [4.69, 9.17) is 0 Å². The molecule has 0 saturated carbocycles. The minimum atomic E-state index is -0.543. The van der Waals surface area contributed by atoms with E-state index in [1.54, 1.807) is 16.7 Å². The summed E-state index contributed by atoms with van der Waals surface area (Å²) in [6.07, 6.45) is 3.00. The zero-order valence-electron chi connectivity index (χ0n) is 15.5. The Kier molecular flexibility index (Phi) is 4.68. The minimum absolute atomic E-state index is 0.0230. The van der Waals surface area contributed by atoms with Crippen molar-refractivity contribution in [2.75, 3.05) is 11.9 Å². The fraction of sp³-hybridized carbons (Fsp3) is 0.316. The second kappa shape index (κ2) is 7.16. The van der Waals surface area contributed by atoms with Gasteiger partial charge >= 0.3 is 0 Å². The summed E-state index contributed by atoms with van der Waals surface area (Å²) in [7, 11) is 0. The summed E-state index contributed by atoms with van der Waals surface area (Å²) in [5.74, 6) is -0.718. The number of nitrogens with one attached hydrogen (secondary N) is 2. The van der Waals surface area contributed by atoms with Gasteiger partial charge in [0.1, 0.15) is 16.1 Å². The lowest BCUT2D eigenvalue weighted by molar-refractivity contribution is 0.0958. The van der Waals surface area contributed by atoms with Crippen molar-refractivity contribution < 1.29 is 9.59 Å². The maximum atomic E-state index is 12.8. The Bertz CT molecular complexity index is 1160. The molecule has 8 nitrogen and oxygen atoms in total. The van der Waals surface area contributed by atoms with E-state index in [1.165, 1.54) is 6.20 Å². The lowest BCUT2D eigenvalue weighted by Gasteiger charge is -2.11. The topological polar surface area (TPSA) is 106 Å². The minimum Gasteiger partial charge on any atom is -0.351 e. The number of pyridine rings is 2. The predicted molar refractivity (Wildman–Crippen MR) is 107 cm³/mol. The van der Waals surface area contributed by atoms with E-state index >= 15 is 0 Å². The average Bonchev–Trinajstić information content (AvgIpc) is 2.99. The number of anilines is 1. The van der Waals surface area contributed by atoms with E-state index in [9.17, 15) is 14.4 Å². The number of carbonyl (C=O) groups is 2. The molecule has 0 atom stereocenters. The molecule has 0 radical (unpaired) electrons. The van der Waals surface area contributed by atoms with Gasteiger partial charge in [-0.25, -0.2) is 9.97 Å². The quantitative estimate of drug-likeness (QED) is 0.704. The maximum absolute atomic E-state index is 12.8. The average molecular weight is 397 g/mol. The standard InChI is InChI=1S/C19H19N5O3S/c1-3-24-9-12(14(25)11-7-6-10(2)21-16(11)24)17(26)23-19-22-13-5-4-8-20-18(27)15(13)28-19/h6-7,9H,3-5,8H2,1-2H3,(H,20,27)(H,22,23,26). The van der Waals surface area contributed by atoms with Crippen LogP contribution < -0.4 is 16.1 Å². The summed E-state index contributed by atoms with van der Waals surface area (Å²) < 4.78 is 1.78. The highest BCUT2D eigenvalue weighted by Gasteiger charge is 2.23. The molecular weight excluding hydrogens is 378 g/mol. The van der Waals surface area contributed by atoms with Gasteiger partial charge in [-0.2, -0.15) is 0 Å². The molecule has 3 aromatic heterocycles. The second-order valence-electron chi connectivity index (χ2n) is 6.59. The van der Waals surface area contributed by atoms with Crippen LogP contribution in [-0.2, 0) is 13.0 Å². The number of aromatic nitrogens is 3. The van der Waals surface area contributed by atoms with E-state index in [0.717, 1.165) is 23.5 Å². The number of thiazole rings is 1. The smallest absolute Gasteiger partial charge is 0.263 e. The third-order valence-electron chi connectivity index (χ3n) is 4.65. The molecule has 0 saturated heterocycles. The monoisotopic (exact) mass is 397 g/mol. The number of carbonyl (C=O) groups excluding carboxylic acids is 2. The van der Waals surface area contributed by atoms with Gasteiger partial charge in [0.05, 0.1) is 11.1 Å². The number of nitrogens with zero attached hydrogens (tertiary/aromatic N) is 3. The van der Waals surface area contributed by atoms with Crippen LogP contribution in [0.1, 0.15) is 44.8 Å². The summed E-state index contributed by atoms with van der Waals surface area (Å²) >= 11 is 1.12. The highest BCUT2D eigenvalue weighted by molar-refractivity contribution is 7.17. The molecule has 0 bridgehead atoms. The SMILES string of the molecule is CCn1cc(C(=O)Nc2nc3c(s2)C(=O)NCCC3)c(=O)c2ccc(C)nc21. The summed E-state index contributed by atoms with van der Waals surface area (Å²) in [4.78, 5) is 47.0. The van der Waals surface area contributed by atoms with Crippen LogP contribution in [0.15, 0.2) is 23.1 Å². The summed E-state index contributed by atoms with van der Waals surface area (Å²) in [6, 6.07) is 3.45. The molecule has 1 aliphatic heterocycles. The normalized spacial score (nSPS) is 13.7. The first-order chi connectivity index (χ1) is 13.5. The van der Waals surface area contributed by atoms with Crippen LogP contribution >= 0.6 is 11.3 Å². The number of hydrogen-bond acceptors (Lipinski definition) is 6. The number of hydrogen-bond donors (Lipinski definition) is 2. The first kappa shape index (κ1) is 18.3. The molecule has 2 N–H and O–H groups in total. The number of amides is 2. The Morgan fingerprint density at radius 2 is 2.14 bits per heavy atom. The molecule has 0 fully saturated rings. The van der Waals surface area contributed by atoms with Gasteiger partial charge in [-0.1, -0.05) is 11.3 Å². The van der Waals surface area contributed by atoms with Crippen LogP contribution in [0.2, 0.25) is 0 Å². The Hall–Kier alpha value is -3.07. The van der Waals surface area contributed by atoms with E-state index in [0.29, 0.717) is 46.2 Å². The van der Waals surface area contributed by atoms with Gasteiger partial charge in [0, 0.05) is 25.0 Å². The molecule has 0 aliphatic carbocycles. The van der Waals surface area contributed by atoms with Gasteiger partial charge in [-0.15, -0.1) is 0 Å². The van der Waals surface area contributed by atoms with Crippen molar-refractivity contribution in [2.24, 2.45) is 0 Å². The number of aryl methyl sites for hydroxylation is 3. The highest BCUT2D eigenvalue weighted by Crippen LogP contribution is 2.26. The fourth-order valence-corrected chi connectivity index (χ4v) is 4.14. The van der Waals surface area contributed by atoms with Crippen LogP contribution in [0.25, 0.3) is 11.0 Å². The van der Waals surface area contributed by atoms with E-state index in [-0.39, 0.29) is 16.9 Å². The van der Waals surface area contributed by atoms with Gasteiger partial charge in [-0.05, 0) is 38.8 Å². The van der Waals surface area contributed by atoms with Gasteiger partial charge in [0.25, 0.3) is 11.8 Å². The molecule has 0 spiro atoms. The van der Waals surface area contributed by atoms with Crippen molar-refractivity contribution in [2.45, 2.75) is 33.2 Å². The van der Waals surface area contributed by atoms with E-state index < -0.39 is 5.91 Å². The lowest BCUT2D eigenvalue weighted by Crippen LogP contribution is -2.24. The molecule has 28 heavy (non-hydrogen) atoms. The molecular formula is C19H19N5O3S. The van der Waals surface area contributed by atoms with Crippen molar-refractivity contribution >= 4 is 39.3 Å². The van der Waals surface area contributed by atoms with E-state index in [2.05, 4.69) is 20.6 Å². The number of rotatable bonds is 3. The maximum Gasteiger partial charge on any atom is 0.263 e. The largest absolute Gasteiger partial charge is 0.351 e. The third kappa shape index (κ3) is 3.18. The number of fused-ring (bicyclic) bond motifs is 2. The predicted octanol–water partition coefficient (Wildman–Crippen LogP) is 2.11. The van der Waals surface area contributed by atoms with Crippen LogP contribution in [0.3, 0.4) is 0 Å². The van der Waals surface area contributed by atoms with Crippen LogP contribution in [-0.4, -0.2) is 32.9 Å². The van der Waals surface area contributed by atoms with Crippen molar-refractivity contribution in [3.05, 3.63) is 50.4 Å². The fourth-order valence-electron chi connectivity index (χ4n) is 3.22. The van der Waals surface area contributed by atoms with Gasteiger partial charge in [0.2, 0.25) is 5.43 Å². The Balaban J connectivity index is 1.71. The Morgan fingerprint density at radius 1 is 1.32 bits per heavy atom. The van der Waals surface area contributed by atoms with Crippen molar-refractivity contribution in [3.8, 4) is 0 Å². The van der Waals surface area contributed by atoms with Gasteiger partial charge in [-0.3, -0.25) is 19.7 Å². The lowest BCUT2D eigenvalue weighted by atomic mass is 10.1. The van der Waals surface area contributed by atoms with Crippen molar-refractivity contribution in [1.82, 2.24) is 19.9 Å². The zero-order valence-corrected chi connectivity index (χ0v) is 16.4. The summed E-state index contributed by atoms with van der Waals surface area (Å²) in [6.45, 7) is 4.96. The second-order valence-corrected chi connectivity index (χ2v) is 7.59. The van der Waals surface area contributed by atoms with Crippen molar-refractivity contribution in [1.29, 1.82) is 0 Å². The van der Waals surface area contributed by atoms with Crippen molar-refractivity contribution in [3.63, 3.8) is 0 Å². The first-order valence-corrected chi connectivity index (χ1v) is 9.89.